The van der Waals surface area contributed by atoms with Crippen molar-refractivity contribution in [1.82, 2.24) is 15.0 Å². The highest BCUT2D eigenvalue weighted by Crippen LogP contribution is 2.44. The van der Waals surface area contributed by atoms with Crippen molar-refractivity contribution in [3.8, 4) is 16.9 Å². The highest BCUT2D eigenvalue weighted by atomic mass is 32.2. The van der Waals surface area contributed by atoms with Crippen molar-refractivity contribution in [1.29, 1.82) is 0 Å². The van der Waals surface area contributed by atoms with E-state index in [0.29, 0.717) is 34.4 Å². The second kappa shape index (κ2) is 10.6. The Kier molecular flexibility index (Phi) is 7.65. The van der Waals surface area contributed by atoms with Gasteiger partial charge in [-0.2, -0.15) is 26.7 Å². The molecule has 2 aromatic heterocycles. The fraction of sp³-hybridized carbons (Fsp3) is 0.192. The van der Waals surface area contributed by atoms with Gasteiger partial charge in [0.15, 0.2) is 0 Å². The largest absolute Gasteiger partial charge is 0.493 e. The van der Waals surface area contributed by atoms with Crippen molar-refractivity contribution in [3.63, 3.8) is 0 Å². The summed E-state index contributed by atoms with van der Waals surface area (Å²) in [4.78, 5) is 12.0. The van der Waals surface area contributed by atoms with Gasteiger partial charge in [0, 0.05) is 47.4 Å². The van der Waals surface area contributed by atoms with Gasteiger partial charge in [-0.25, -0.2) is 23.1 Å². The van der Waals surface area contributed by atoms with E-state index in [9.17, 15) is 21.6 Å². The summed E-state index contributed by atoms with van der Waals surface area (Å²) >= 11 is 0. The van der Waals surface area contributed by atoms with Crippen LogP contribution in [0.1, 0.15) is 34.7 Å². The van der Waals surface area contributed by atoms with Crippen LogP contribution in [0.15, 0.2) is 78.1 Å². The van der Waals surface area contributed by atoms with Gasteiger partial charge in [-0.05, 0) is 54.8 Å². The number of aromatic nitrogens is 3. The molecule has 12 heteroatoms. The second-order valence-corrected chi connectivity index (χ2v) is 10.2. The summed E-state index contributed by atoms with van der Waals surface area (Å²) in [5, 5.41) is 0. The molecule has 5 rings (SSSR count). The van der Waals surface area contributed by atoms with Crippen molar-refractivity contribution in [3.05, 3.63) is 95.6 Å². The van der Waals surface area contributed by atoms with Crippen molar-refractivity contribution >= 4 is 29.5 Å². The molecule has 0 fully saturated rings. The topological polar surface area (TPSA) is 94.1 Å². The average Bonchev–Trinajstić information content (AvgIpc) is 2.88. The Balaban J connectivity index is 0.00000336. The van der Waals surface area contributed by atoms with E-state index in [1.54, 1.807) is 37.4 Å². The van der Waals surface area contributed by atoms with Gasteiger partial charge in [-0.1, -0.05) is 18.2 Å². The number of benzene rings is 2. The summed E-state index contributed by atoms with van der Waals surface area (Å²) in [6, 6.07) is 13.2. The number of sulfonamides is 1. The first-order valence-corrected chi connectivity index (χ1v) is 12.8. The van der Waals surface area contributed by atoms with Gasteiger partial charge < -0.3 is 4.74 Å². The van der Waals surface area contributed by atoms with Gasteiger partial charge in [-0.15, -0.1) is 0 Å². The first-order chi connectivity index (χ1) is 17.6. The summed E-state index contributed by atoms with van der Waals surface area (Å²) in [5.74, 6) is -0.0365. The van der Waals surface area contributed by atoms with Crippen LogP contribution in [-0.4, -0.2) is 30.0 Å². The number of nitrogens with one attached hydrogen (secondary N) is 1. The van der Waals surface area contributed by atoms with Crippen LogP contribution in [0.2, 0.25) is 0 Å². The minimum absolute atomic E-state index is 0. The number of hydrogen-bond donors (Lipinski definition) is 1. The highest BCUT2D eigenvalue weighted by Gasteiger charge is 2.33. The predicted octanol–water partition coefficient (Wildman–Crippen LogP) is 5.69. The molecule has 3 heterocycles. The molecule has 4 aromatic rings. The number of ether oxygens (including phenoxy) is 1. The van der Waals surface area contributed by atoms with E-state index in [0.717, 1.165) is 17.8 Å². The Morgan fingerprint density at radius 2 is 1.71 bits per heavy atom. The number of pyridine rings is 1. The maximum absolute atomic E-state index is 13.6. The summed E-state index contributed by atoms with van der Waals surface area (Å²) in [6.07, 6.45) is 0.388. The van der Waals surface area contributed by atoms with Gasteiger partial charge in [0.1, 0.15) is 5.75 Å². The Morgan fingerprint density at radius 3 is 2.39 bits per heavy atom. The van der Waals surface area contributed by atoms with Crippen molar-refractivity contribution in [2.24, 2.45) is 0 Å². The van der Waals surface area contributed by atoms with Crippen LogP contribution in [-0.2, 0) is 16.2 Å². The molecule has 1 aliphatic heterocycles. The maximum Gasteiger partial charge on any atom is 0.416 e. The second-order valence-electron chi connectivity index (χ2n) is 8.56. The minimum Gasteiger partial charge on any atom is -0.493 e. The molecule has 1 aliphatic rings. The SMILES string of the molecule is Cc1ccc(-c2cc(C(F)(F)F)ccc2[C@@H]2CCOc3cc(S(=O)(=O)Nc4ncccn4)ccc32)cn1.S. The molecule has 0 bridgehead atoms. The van der Waals surface area contributed by atoms with E-state index in [2.05, 4.69) is 19.7 Å². The lowest BCUT2D eigenvalue weighted by atomic mass is 9.82. The number of hydrogen-bond acceptors (Lipinski definition) is 6. The zero-order valence-electron chi connectivity index (χ0n) is 20.0. The molecule has 0 saturated carbocycles. The van der Waals surface area contributed by atoms with E-state index in [-0.39, 0.29) is 36.9 Å². The molecule has 38 heavy (non-hydrogen) atoms. The third-order valence-electron chi connectivity index (χ3n) is 6.10. The van der Waals surface area contributed by atoms with Crippen LogP contribution >= 0.6 is 13.5 Å². The highest BCUT2D eigenvalue weighted by molar-refractivity contribution is 7.92. The lowest BCUT2D eigenvalue weighted by Crippen LogP contribution is -2.19. The van der Waals surface area contributed by atoms with E-state index < -0.39 is 21.8 Å². The number of alkyl halides is 3. The Bertz CT molecular complexity index is 1550. The number of fused-ring (bicyclic) bond motifs is 1. The average molecular weight is 561 g/mol. The lowest BCUT2D eigenvalue weighted by molar-refractivity contribution is -0.137. The fourth-order valence-corrected chi connectivity index (χ4v) is 5.28. The molecular weight excluding hydrogens is 537 g/mol. The van der Waals surface area contributed by atoms with Crippen molar-refractivity contribution in [2.45, 2.75) is 30.3 Å². The van der Waals surface area contributed by atoms with E-state index >= 15 is 0 Å². The smallest absolute Gasteiger partial charge is 0.416 e. The van der Waals surface area contributed by atoms with Gasteiger partial charge in [0.25, 0.3) is 10.0 Å². The van der Waals surface area contributed by atoms with Crippen LogP contribution in [0.3, 0.4) is 0 Å². The van der Waals surface area contributed by atoms with Crippen LogP contribution in [0.25, 0.3) is 11.1 Å². The van der Waals surface area contributed by atoms with E-state index in [1.165, 1.54) is 30.6 Å². The van der Waals surface area contributed by atoms with Gasteiger partial charge in [0.2, 0.25) is 5.95 Å². The zero-order chi connectivity index (χ0) is 26.2. The maximum atomic E-state index is 13.6. The quantitative estimate of drug-likeness (QED) is 0.337. The van der Waals surface area contributed by atoms with Crippen LogP contribution in [0.5, 0.6) is 5.75 Å². The molecule has 1 N–H and O–H groups in total. The third kappa shape index (κ3) is 5.60. The standard InChI is InChI=1S/C26H21F3N4O3S.H2S/c1-16-3-4-17(15-32-16)23-13-18(26(27,28)29)5-7-20(23)21-9-12-36-24-14-19(6-8-22(21)24)37(34,35)33-25-30-10-2-11-31-25;/h2-8,10-11,13-15,21H,9,12H2,1H3,(H,30,31,33);1H2/t21-;/m0./s1. The first-order valence-electron chi connectivity index (χ1n) is 11.3. The number of nitrogens with zero attached hydrogens (tertiary/aromatic N) is 3. The van der Waals surface area contributed by atoms with Crippen LogP contribution in [0.4, 0.5) is 19.1 Å². The monoisotopic (exact) mass is 560 g/mol. The molecule has 1 atom stereocenters. The third-order valence-corrected chi connectivity index (χ3v) is 7.43. The van der Waals surface area contributed by atoms with Gasteiger partial charge in [0.05, 0.1) is 17.1 Å². The predicted molar refractivity (Wildman–Crippen MR) is 141 cm³/mol. The van der Waals surface area contributed by atoms with Gasteiger partial charge in [-0.3, -0.25) is 4.98 Å². The number of aryl methyl sites for hydroxylation is 1. The number of anilines is 1. The minimum atomic E-state index is -4.50. The molecule has 2 aromatic carbocycles. The summed E-state index contributed by atoms with van der Waals surface area (Å²) < 4.78 is 74.6. The van der Waals surface area contributed by atoms with Crippen LogP contribution < -0.4 is 9.46 Å². The molecule has 0 aliphatic carbocycles. The van der Waals surface area contributed by atoms with Crippen molar-refractivity contribution < 1.29 is 26.3 Å². The molecule has 0 spiro atoms. The Hall–Kier alpha value is -3.64. The fourth-order valence-electron chi connectivity index (χ4n) is 4.30. The van der Waals surface area contributed by atoms with Gasteiger partial charge >= 0.3 is 6.18 Å². The molecule has 7 nitrogen and oxygen atoms in total. The van der Waals surface area contributed by atoms with E-state index in [4.69, 9.17) is 4.74 Å². The Morgan fingerprint density at radius 1 is 0.974 bits per heavy atom. The molecular formula is C26H23F3N4O3S2. The zero-order valence-corrected chi connectivity index (χ0v) is 21.8. The summed E-state index contributed by atoms with van der Waals surface area (Å²) in [6.45, 7) is 2.07. The van der Waals surface area contributed by atoms with E-state index in [1.807, 2.05) is 0 Å². The molecule has 0 saturated heterocycles. The van der Waals surface area contributed by atoms with Crippen LogP contribution in [0, 0.1) is 6.92 Å². The summed E-state index contributed by atoms with van der Waals surface area (Å²) in [7, 11) is -3.99. The number of rotatable bonds is 5. The molecule has 0 amide bonds. The first kappa shape index (κ1) is 27.4. The molecule has 198 valence electrons. The lowest BCUT2D eigenvalue weighted by Gasteiger charge is -2.29. The summed E-state index contributed by atoms with van der Waals surface area (Å²) in [5.41, 5.74) is 2.33. The molecule has 0 unspecified atom stereocenters. The van der Waals surface area contributed by atoms with Crippen molar-refractivity contribution in [2.75, 3.05) is 11.3 Å². The Labute approximate surface area is 224 Å². The molecule has 0 radical (unpaired) electrons. The number of halogens is 3. The normalized spacial score (nSPS) is 15.1.